The van der Waals surface area contributed by atoms with E-state index in [0.29, 0.717) is 11.6 Å². The average Bonchev–Trinajstić information content (AvgIpc) is 2.21. The minimum absolute atomic E-state index is 0.0353. The van der Waals surface area contributed by atoms with E-state index in [-0.39, 0.29) is 6.04 Å². The van der Waals surface area contributed by atoms with Crippen molar-refractivity contribution < 1.29 is 4.74 Å². The zero-order valence-electron chi connectivity index (χ0n) is 9.00. The molecule has 1 aromatic rings. The Labute approximate surface area is 100 Å². The smallest absolute Gasteiger partial charge is 0.137 e. The van der Waals surface area contributed by atoms with Gasteiger partial charge in [0.05, 0.1) is 11.6 Å². The van der Waals surface area contributed by atoms with Crippen molar-refractivity contribution in [3.63, 3.8) is 0 Å². The van der Waals surface area contributed by atoms with E-state index in [0.717, 1.165) is 17.1 Å². The maximum Gasteiger partial charge on any atom is 0.137 e. The van der Waals surface area contributed by atoms with Crippen LogP contribution in [0.5, 0.6) is 5.75 Å². The lowest BCUT2D eigenvalue weighted by Crippen LogP contribution is -2.12. The van der Waals surface area contributed by atoms with Gasteiger partial charge in [0.1, 0.15) is 5.75 Å². The molecule has 1 aromatic carbocycles. The van der Waals surface area contributed by atoms with Gasteiger partial charge in [-0.2, -0.15) is 11.8 Å². The van der Waals surface area contributed by atoms with Gasteiger partial charge in [0.2, 0.25) is 0 Å². The predicted octanol–water partition coefficient (Wildman–Crippen LogP) is 3.10. The highest BCUT2D eigenvalue weighted by Gasteiger charge is 2.08. The third-order valence-corrected chi connectivity index (χ3v) is 3.02. The molecule has 0 aliphatic rings. The Kier molecular flexibility index (Phi) is 5.29. The van der Waals surface area contributed by atoms with Crippen molar-refractivity contribution in [2.24, 2.45) is 5.73 Å². The van der Waals surface area contributed by atoms with E-state index in [9.17, 15) is 0 Å². The largest absolute Gasteiger partial charge is 0.492 e. The third kappa shape index (κ3) is 3.59. The summed E-state index contributed by atoms with van der Waals surface area (Å²) < 4.78 is 5.35. The summed E-state index contributed by atoms with van der Waals surface area (Å²) in [5, 5.41) is 0.630. The van der Waals surface area contributed by atoms with Gasteiger partial charge < -0.3 is 10.5 Å². The summed E-state index contributed by atoms with van der Waals surface area (Å²) >= 11 is 7.79. The molecule has 1 unspecified atom stereocenters. The number of rotatable bonds is 5. The van der Waals surface area contributed by atoms with Crippen LogP contribution in [0.3, 0.4) is 0 Å². The Balaban J connectivity index is 2.81. The predicted molar refractivity (Wildman–Crippen MR) is 67.9 cm³/mol. The van der Waals surface area contributed by atoms with Crippen LogP contribution in [0.4, 0.5) is 0 Å². The van der Waals surface area contributed by atoms with Crippen molar-refractivity contribution in [1.29, 1.82) is 0 Å². The molecule has 0 aliphatic carbocycles. The average molecular weight is 246 g/mol. The number of halogens is 1. The van der Waals surface area contributed by atoms with Crippen molar-refractivity contribution in [3.8, 4) is 5.75 Å². The second kappa shape index (κ2) is 6.26. The molecule has 0 heterocycles. The first kappa shape index (κ1) is 12.7. The lowest BCUT2D eigenvalue weighted by Gasteiger charge is -2.12. The SMILES string of the molecule is CCOc1ccc(C(N)CSC)cc1Cl. The van der Waals surface area contributed by atoms with Gasteiger partial charge in [-0.3, -0.25) is 0 Å². The Morgan fingerprint density at radius 1 is 1.53 bits per heavy atom. The van der Waals surface area contributed by atoms with E-state index in [1.165, 1.54) is 0 Å². The molecule has 15 heavy (non-hydrogen) atoms. The summed E-state index contributed by atoms with van der Waals surface area (Å²) in [7, 11) is 0. The van der Waals surface area contributed by atoms with Crippen molar-refractivity contribution >= 4 is 23.4 Å². The number of ether oxygens (including phenoxy) is 1. The third-order valence-electron chi connectivity index (χ3n) is 2.03. The monoisotopic (exact) mass is 245 g/mol. The van der Waals surface area contributed by atoms with Crippen LogP contribution in [0.15, 0.2) is 18.2 Å². The molecule has 0 spiro atoms. The molecule has 2 N–H and O–H groups in total. The topological polar surface area (TPSA) is 35.2 Å². The highest BCUT2D eigenvalue weighted by molar-refractivity contribution is 7.98. The lowest BCUT2D eigenvalue weighted by molar-refractivity contribution is 0.340. The summed E-state index contributed by atoms with van der Waals surface area (Å²) in [6.45, 7) is 2.56. The zero-order valence-corrected chi connectivity index (χ0v) is 10.6. The van der Waals surface area contributed by atoms with E-state index >= 15 is 0 Å². The summed E-state index contributed by atoms with van der Waals surface area (Å²) in [5.41, 5.74) is 7.03. The minimum atomic E-state index is 0.0353. The van der Waals surface area contributed by atoms with Crippen molar-refractivity contribution in [3.05, 3.63) is 28.8 Å². The summed E-state index contributed by atoms with van der Waals surface area (Å²) in [5.74, 6) is 1.61. The van der Waals surface area contributed by atoms with Crippen molar-refractivity contribution in [2.45, 2.75) is 13.0 Å². The standard InChI is InChI=1S/C11H16ClNOS/c1-3-14-11-5-4-8(6-9(11)12)10(13)7-15-2/h4-6,10H,3,7,13H2,1-2H3. The Morgan fingerprint density at radius 2 is 2.27 bits per heavy atom. The van der Waals surface area contributed by atoms with E-state index in [1.54, 1.807) is 11.8 Å². The van der Waals surface area contributed by atoms with E-state index in [4.69, 9.17) is 22.1 Å². The maximum absolute atomic E-state index is 6.07. The molecule has 1 atom stereocenters. The Morgan fingerprint density at radius 3 is 2.80 bits per heavy atom. The number of hydrogen-bond acceptors (Lipinski definition) is 3. The van der Waals surface area contributed by atoms with E-state index in [2.05, 4.69) is 0 Å². The molecule has 84 valence electrons. The van der Waals surface area contributed by atoms with Gasteiger partial charge in [0, 0.05) is 11.8 Å². The fourth-order valence-electron chi connectivity index (χ4n) is 1.30. The molecule has 0 aromatic heterocycles. The molecule has 0 saturated carbocycles. The van der Waals surface area contributed by atoms with Gasteiger partial charge in [-0.15, -0.1) is 0 Å². The molecule has 0 amide bonds. The molecule has 0 saturated heterocycles. The normalized spacial score (nSPS) is 12.5. The molecule has 0 fully saturated rings. The molecule has 1 rings (SSSR count). The van der Waals surface area contributed by atoms with Crippen LogP contribution in [0.1, 0.15) is 18.5 Å². The van der Waals surface area contributed by atoms with Crippen LogP contribution in [-0.4, -0.2) is 18.6 Å². The summed E-state index contributed by atoms with van der Waals surface area (Å²) in [4.78, 5) is 0. The van der Waals surface area contributed by atoms with Gasteiger partial charge in [-0.05, 0) is 30.9 Å². The molecule has 0 aliphatic heterocycles. The second-order valence-corrected chi connectivity index (χ2v) is 4.50. The zero-order chi connectivity index (χ0) is 11.3. The number of benzene rings is 1. The first-order chi connectivity index (χ1) is 7.19. The first-order valence-corrected chi connectivity index (χ1v) is 6.63. The molecule has 2 nitrogen and oxygen atoms in total. The van der Waals surface area contributed by atoms with Gasteiger partial charge in [-0.1, -0.05) is 17.7 Å². The number of thioether (sulfide) groups is 1. The van der Waals surface area contributed by atoms with Gasteiger partial charge in [0.15, 0.2) is 0 Å². The molecule has 0 bridgehead atoms. The van der Waals surface area contributed by atoms with Crippen LogP contribution in [0.25, 0.3) is 0 Å². The van der Waals surface area contributed by atoms with E-state index < -0.39 is 0 Å². The number of nitrogens with two attached hydrogens (primary N) is 1. The molecular weight excluding hydrogens is 230 g/mol. The highest BCUT2D eigenvalue weighted by atomic mass is 35.5. The van der Waals surface area contributed by atoms with Gasteiger partial charge in [-0.25, -0.2) is 0 Å². The van der Waals surface area contributed by atoms with Crippen LogP contribution in [0.2, 0.25) is 5.02 Å². The van der Waals surface area contributed by atoms with E-state index in [1.807, 2.05) is 31.4 Å². The lowest BCUT2D eigenvalue weighted by atomic mass is 10.1. The fraction of sp³-hybridized carbons (Fsp3) is 0.455. The van der Waals surface area contributed by atoms with Crippen molar-refractivity contribution in [2.75, 3.05) is 18.6 Å². The van der Waals surface area contributed by atoms with Gasteiger partial charge in [0.25, 0.3) is 0 Å². The van der Waals surface area contributed by atoms with Crippen LogP contribution >= 0.6 is 23.4 Å². The fourth-order valence-corrected chi connectivity index (χ4v) is 2.09. The van der Waals surface area contributed by atoms with Crippen molar-refractivity contribution in [1.82, 2.24) is 0 Å². The Bertz CT molecular complexity index is 319. The molecule has 4 heteroatoms. The molecular formula is C11H16ClNOS. The summed E-state index contributed by atoms with van der Waals surface area (Å²) in [6.07, 6.45) is 2.04. The molecule has 0 radical (unpaired) electrons. The quantitative estimate of drug-likeness (QED) is 0.866. The Hall–Kier alpha value is -0.380. The second-order valence-electron chi connectivity index (χ2n) is 3.18. The highest BCUT2D eigenvalue weighted by Crippen LogP contribution is 2.28. The van der Waals surface area contributed by atoms with Crippen LogP contribution in [0, 0.1) is 0 Å². The first-order valence-electron chi connectivity index (χ1n) is 4.85. The summed E-state index contributed by atoms with van der Waals surface area (Å²) in [6, 6.07) is 5.76. The van der Waals surface area contributed by atoms with Crippen LogP contribution < -0.4 is 10.5 Å². The van der Waals surface area contributed by atoms with Crippen LogP contribution in [-0.2, 0) is 0 Å². The van der Waals surface area contributed by atoms with Gasteiger partial charge >= 0.3 is 0 Å². The minimum Gasteiger partial charge on any atom is -0.492 e. The number of hydrogen-bond donors (Lipinski definition) is 1. The maximum atomic E-state index is 6.07.